The van der Waals surface area contributed by atoms with Crippen LogP contribution in [0.2, 0.25) is 0 Å². The first-order chi connectivity index (χ1) is 16.3. The second kappa shape index (κ2) is 9.82. The molecular formula is C23H27N5O5S. The fourth-order valence-corrected chi connectivity index (χ4v) is 5.98. The zero-order chi connectivity index (χ0) is 24.3. The van der Waals surface area contributed by atoms with E-state index in [1.54, 1.807) is 53.4 Å². The van der Waals surface area contributed by atoms with E-state index in [1.807, 2.05) is 6.07 Å². The summed E-state index contributed by atoms with van der Waals surface area (Å²) in [6.45, 7) is 0.195. The van der Waals surface area contributed by atoms with E-state index >= 15 is 0 Å². The third kappa shape index (κ3) is 5.05. The number of amidine groups is 1. The van der Waals surface area contributed by atoms with E-state index in [-0.39, 0.29) is 49.1 Å². The van der Waals surface area contributed by atoms with Gasteiger partial charge >= 0.3 is 0 Å². The molecule has 2 heterocycles. The summed E-state index contributed by atoms with van der Waals surface area (Å²) in [7, 11) is -3.65. The molecule has 2 aromatic carbocycles. The number of nitrogens with two attached hydrogens (primary N) is 1. The molecular weight excluding hydrogens is 458 g/mol. The maximum atomic E-state index is 12.9. The van der Waals surface area contributed by atoms with Gasteiger partial charge < -0.3 is 21.2 Å². The van der Waals surface area contributed by atoms with Crippen LogP contribution in [-0.4, -0.2) is 65.7 Å². The summed E-state index contributed by atoms with van der Waals surface area (Å²) >= 11 is 0. The third-order valence-corrected chi connectivity index (χ3v) is 7.99. The minimum atomic E-state index is -3.65. The smallest absolute Gasteiger partial charge is 0.243 e. The van der Waals surface area contributed by atoms with Gasteiger partial charge in [-0.25, -0.2) is 8.42 Å². The molecule has 2 atom stereocenters. The molecule has 0 bridgehead atoms. The minimum Gasteiger partial charge on any atom is -0.409 e. The molecule has 0 saturated carbocycles. The van der Waals surface area contributed by atoms with Gasteiger partial charge in [0, 0.05) is 24.7 Å². The van der Waals surface area contributed by atoms with E-state index in [0.717, 1.165) is 5.56 Å². The number of carbonyl (C=O) groups excluding carboxylic acids is 2. The highest BCUT2D eigenvalue weighted by atomic mass is 32.2. The molecule has 2 amide bonds. The van der Waals surface area contributed by atoms with Gasteiger partial charge in [-0.3, -0.25) is 9.59 Å². The lowest BCUT2D eigenvalue weighted by Crippen LogP contribution is -2.59. The van der Waals surface area contributed by atoms with Crippen LogP contribution in [0.3, 0.4) is 0 Å². The lowest BCUT2D eigenvalue weighted by atomic mass is 10.1. The van der Waals surface area contributed by atoms with Crippen molar-refractivity contribution in [3.63, 3.8) is 0 Å². The number of rotatable bonds is 7. The Bertz CT molecular complexity index is 1180. The number of amides is 2. The molecule has 0 radical (unpaired) electrons. The molecule has 4 N–H and O–H groups in total. The van der Waals surface area contributed by atoms with Gasteiger partial charge in [-0.2, -0.15) is 4.31 Å². The van der Waals surface area contributed by atoms with Gasteiger partial charge in [0.2, 0.25) is 21.8 Å². The van der Waals surface area contributed by atoms with Crippen LogP contribution in [0.4, 0.5) is 0 Å². The second-order valence-corrected chi connectivity index (χ2v) is 10.5. The molecule has 2 fully saturated rings. The Balaban J connectivity index is 1.36. The summed E-state index contributed by atoms with van der Waals surface area (Å²) in [6, 6.07) is 14.8. The number of piperazine rings is 1. The molecule has 4 rings (SSSR count). The largest absolute Gasteiger partial charge is 0.409 e. The Morgan fingerprint density at radius 1 is 1.09 bits per heavy atom. The normalized spacial score (nSPS) is 21.4. The van der Waals surface area contributed by atoms with Crippen LogP contribution >= 0.6 is 0 Å². The predicted molar refractivity (Wildman–Crippen MR) is 125 cm³/mol. The van der Waals surface area contributed by atoms with Crippen molar-refractivity contribution in [3.8, 4) is 0 Å². The molecule has 0 spiro atoms. The number of oxime groups is 1. The number of hydrogen-bond acceptors (Lipinski definition) is 6. The fourth-order valence-electron chi connectivity index (χ4n) is 4.48. The summed E-state index contributed by atoms with van der Waals surface area (Å²) in [5, 5.41) is 14.5. The van der Waals surface area contributed by atoms with E-state index in [4.69, 9.17) is 10.9 Å². The van der Waals surface area contributed by atoms with E-state index < -0.39 is 16.1 Å². The molecule has 2 saturated heterocycles. The number of hydrogen-bond donors (Lipinski definition) is 3. The number of nitrogens with one attached hydrogen (secondary N) is 1. The SMILES string of the molecule is N/C(=N/O)c1ccc(CNC(=O)[C@@H]2CC[C@H]3CN(S(=O)(=O)Cc4ccccc4)CC(=O)N32)cc1. The highest BCUT2D eigenvalue weighted by Gasteiger charge is 2.46. The Kier molecular flexibility index (Phi) is 6.85. The fraction of sp³-hybridized carbons (Fsp3) is 0.348. The van der Waals surface area contributed by atoms with Gasteiger partial charge in [-0.1, -0.05) is 59.8 Å². The quantitative estimate of drug-likeness (QED) is 0.227. The zero-order valence-corrected chi connectivity index (χ0v) is 19.3. The Labute approximate surface area is 198 Å². The maximum Gasteiger partial charge on any atom is 0.243 e. The average molecular weight is 486 g/mol. The van der Waals surface area contributed by atoms with Crippen molar-refractivity contribution in [3.05, 3.63) is 71.3 Å². The molecule has 2 aromatic rings. The van der Waals surface area contributed by atoms with Crippen molar-refractivity contribution in [2.24, 2.45) is 10.9 Å². The second-order valence-electron chi connectivity index (χ2n) is 8.48. The third-order valence-electron chi connectivity index (χ3n) is 6.23. The molecule has 0 unspecified atom stereocenters. The summed E-state index contributed by atoms with van der Waals surface area (Å²) < 4.78 is 27.0. The van der Waals surface area contributed by atoms with E-state index in [2.05, 4.69) is 10.5 Å². The molecule has 2 aliphatic rings. The van der Waals surface area contributed by atoms with Crippen molar-refractivity contribution in [2.75, 3.05) is 13.1 Å². The van der Waals surface area contributed by atoms with E-state index in [1.165, 1.54) is 4.31 Å². The van der Waals surface area contributed by atoms with Gasteiger partial charge in [-0.15, -0.1) is 0 Å². The van der Waals surface area contributed by atoms with Crippen LogP contribution in [0, 0.1) is 0 Å². The topological polar surface area (TPSA) is 145 Å². The molecule has 180 valence electrons. The number of sulfonamides is 1. The van der Waals surface area contributed by atoms with E-state index in [9.17, 15) is 18.0 Å². The first kappa shape index (κ1) is 23.7. The van der Waals surface area contributed by atoms with Crippen LogP contribution < -0.4 is 11.1 Å². The zero-order valence-electron chi connectivity index (χ0n) is 18.5. The number of carbonyl (C=O) groups is 2. The molecule has 11 heteroatoms. The number of benzene rings is 2. The summed E-state index contributed by atoms with van der Waals surface area (Å²) in [5.74, 6) is -0.784. The van der Waals surface area contributed by atoms with Gasteiger partial charge in [-0.05, 0) is 24.0 Å². The van der Waals surface area contributed by atoms with E-state index in [0.29, 0.717) is 24.0 Å². The standard InChI is InChI=1S/C23H27N5O5S/c24-22(26-31)18-8-6-16(7-9-18)12-25-23(30)20-11-10-19-13-27(14-21(29)28(19)20)34(32,33)15-17-4-2-1-3-5-17/h1-9,19-20,31H,10-15H2,(H2,24,26)(H,25,30)/t19-,20-/m0/s1. The van der Waals surface area contributed by atoms with Gasteiger partial charge in [0.15, 0.2) is 5.84 Å². The predicted octanol–water partition coefficient (Wildman–Crippen LogP) is 0.603. The minimum absolute atomic E-state index is 0.00368. The van der Waals surface area contributed by atoms with Crippen molar-refractivity contribution in [2.45, 2.75) is 37.2 Å². The highest BCUT2D eigenvalue weighted by Crippen LogP contribution is 2.30. The Hall–Kier alpha value is -3.44. The first-order valence-electron chi connectivity index (χ1n) is 11.0. The van der Waals surface area contributed by atoms with Crippen molar-refractivity contribution < 1.29 is 23.2 Å². The molecule has 34 heavy (non-hydrogen) atoms. The van der Waals surface area contributed by atoms with Gasteiger partial charge in [0.05, 0.1) is 12.3 Å². The summed E-state index contributed by atoms with van der Waals surface area (Å²) in [5.41, 5.74) is 7.60. The summed E-state index contributed by atoms with van der Waals surface area (Å²) in [4.78, 5) is 27.3. The van der Waals surface area contributed by atoms with Crippen LogP contribution in [0.25, 0.3) is 0 Å². The van der Waals surface area contributed by atoms with Crippen molar-refractivity contribution in [1.29, 1.82) is 0 Å². The number of nitrogens with zero attached hydrogens (tertiary/aromatic N) is 3. The number of fused-ring (bicyclic) bond motifs is 1. The van der Waals surface area contributed by atoms with Crippen LogP contribution in [-0.2, 0) is 31.9 Å². The Morgan fingerprint density at radius 3 is 2.47 bits per heavy atom. The van der Waals surface area contributed by atoms with Gasteiger partial charge in [0.25, 0.3) is 0 Å². The molecule has 0 aromatic heterocycles. The Morgan fingerprint density at radius 2 is 1.79 bits per heavy atom. The molecule has 0 aliphatic carbocycles. The summed E-state index contributed by atoms with van der Waals surface area (Å²) in [6.07, 6.45) is 1.05. The van der Waals surface area contributed by atoms with Gasteiger partial charge in [0.1, 0.15) is 6.04 Å². The first-order valence-corrected chi connectivity index (χ1v) is 12.6. The maximum absolute atomic E-state index is 12.9. The van der Waals surface area contributed by atoms with Crippen molar-refractivity contribution >= 4 is 27.7 Å². The van der Waals surface area contributed by atoms with Crippen LogP contribution in [0.1, 0.15) is 29.5 Å². The molecule has 2 aliphatic heterocycles. The van der Waals surface area contributed by atoms with Crippen LogP contribution in [0.15, 0.2) is 59.8 Å². The highest BCUT2D eigenvalue weighted by molar-refractivity contribution is 7.88. The average Bonchev–Trinajstić information content (AvgIpc) is 3.28. The van der Waals surface area contributed by atoms with Crippen LogP contribution in [0.5, 0.6) is 0 Å². The lowest BCUT2D eigenvalue weighted by molar-refractivity contribution is -0.143. The lowest BCUT2D eigenvalue weighted by Gasteiger charge is -2.38. The monoisotopic (exact) mass is 485 g/mol. The molecule has 10 nitrogen and oxygen atoms in total. The van der Waals surface area contributed by atoms with Crippen molar-refractivity contribution in [1.82, 2.24) is 14.5 Å².